The van der Waals surface area contributed by atoms with Crippen molar-refractivity contribution < 1.29 is 48.2 Å². The Morgan fingerprint density at radius 2 is 1.33 bits per heavy atom. The number of fused-ring (bicyclic) bond motifs is 5. The first kappa shape index (κ1) is 70.6. The van der Waals surface area contributed by atoms with Crippen molar-refractivity contribution in [2.75, 3.05) is 19.0 Å². The molecule has 0 unspecified atom stereocenters. The van der Waals surface area contributed by atoms with Gasteiger partial charge in [-0.15, -0.1) is 0 Å². The average molecular weight is 1210 g/mol. The Balaban J connectivity index is 0.00000460. The van der Waals surface area contributed by atoms with E-state index in [1.54, 1.807) is 56.3 Å². The Morgan fingerprint density at radius 3 is 1.94 bits per heavy atom. The number of carboxylic acids is 1. The lowest BCUT2D eigenvalue weighted by Gasteiger charge is -2.40. The molecule has 1 aliphatic heterocycles. The van der Waals surface area contributed by atoms with Crippen molar-refractivity contribution in [3.05, 3.63) is 137 Å². The van der Waals surface area contributed by atoms with Crippen LogP contribution in [0, 0.1) is 23.2 Å². The number of amides is 4. The van der Waals surface area contributed by atoms with E-state index in [4.69, 9.17) is 4.74 Å². The maximum atomic E-state index is 14.2. The number of para-hydroxylation sites is 1. The zero-order chi connectivity index (χ0) is 65.2. The van der Waals surface area contributed by atoms with E-state index in [-0.39, 0.29) is 85.4 Å². The number of ether oxygens (including phenoxy) is 1. The minimum atomic E-state index is -1.08. The summed E-state index contributed by atoms with van der Waals surface area (Å²) in [7, 11) is 3.29. The van der Waals surface area contributed by atoms with Crippen LogP contribution in [0.5, 0.6) is 0 Å². The second-order valence-electron chi connectivity index (χ2n) is 25.5. The van der Waals surface area contributed by atoms with Crippen LogP contribution < -0.4 is 20.9 Å². The summed E-state index contributed by atoms with van der Waals surface area (Å²) >= 11 is 0. The molecule has 5 aromatic rings. The first-order valence-corrected chi connectivity index (χ1v) is 30.8. The van der Waals surface area contributed by atoms with Crippen LogP contribution >= 0.6 is 0 Å². The maximum Gasteiger partial charge on any atom is 0.331 e. The summed E-state index contributed by atoms with van der Waals surface area (Å²) in [6.07, 6.45) is 4.25. The summed E-state index contributed by atoms with van der Waals surface area (Å²) in [5.74, 6) is -3.95. The number of ketones is 2. The Morgan fingerprint density at radius 1 is 0.727 bits per heavy atom. The lowest BCUT2D eigenvalue weighted by Crippen LogP contribution is -2.61. The molecular weight excluding hydrogens is 1110 g/mol. The predicted octanol–water partition coefficient (Wildman–Crippen LogP) is 10.7. The molecule has 0 fully saturated rings. The van der Waals surface area contributed by atoms with Crippen molar-refractivity contribution in [1.82, 2.24) is 36.3 Å². The molecular formula is C70H94N8O10. The Hall–Kier alpha value is -8.12. The lowest BCUT2D eigenvalue weighted by molar-refractivity contribution is -0.144. The van der Waals surface area contributed by atoms with E-state index < -0.39 is 58.8 Å². The number of hydrogen-bond acceptors (Lipinski definition) is 12. The number of Topliss-reactive ketones (excluding diaryl/α,β-unsaturated/α-hetero) is 2. The molecule has 1 aromatic heterocycles. The van der Waals surface area contributed by atoms with Crippen LogP contribution in [0.25, 0.3) is 22.5 Å². The molecule has 2 heterocycles. The number of aromatic nitrogens is 3. The van der Waals surface area contributed by atoms with E-state index in [0.717, 1.165) is 33.6 Å². The number of carbonyl (C=O) groups excluding carboxylic acids is 7. The fraction of sp³-hybridized carbons (Fsp3) is 0.486. The number of nitrogens with zero attached hydrogens (tertiary/aromatic N) is 4. The number of hydrogen-bond donors (Lipinski definition) is 5. The summed E-state index contributed by atoms with van der Waals surface area (Å²) in [5.41, 5.74) is 6.22. The highest BCUT2D eigenvalue weighted by Crippen LogP contribution is 2.40. The summed E-state index contributed by atoms with van der Waals surface area (Å²) < 4.78 is 5.67. The molecule has 5 N–H and O–H groups in total. The number of H-pyrrole nitrogens is 1. The van der Waals surface area contributed by atoms with Gasteiger partial charge in [-0.05, 0) is 84.9 Å². The van der Waals surface area contributed by atoms with Gasteiger partial charge in [0.15, 0.2) is 5.78 Å². The largest absolute Gasteiger partial charge is 0.478 e. The van der Waals surface area contributed by atoms with E-state index >= 15 is 0 Å². The normalized spacial score (nSPS) is 14.0. The molecule has 6 rings (SSSR count). The van der Waals surface area contributed by atoms with Gasteiger partial charge in [-0.1, -0.05) is 180 Å². The van der Waals surface area contributed by atoms with Gasteiger partial charge in [0.2, 0.25) is 23.6 Å². The SMILES string of the molecule is CCC.CN[C@H](C(=O)N[C@H](C(=O)N(C)[C@H](/C=C(\C)C(=O)O)C(C)C)C(C)(C)C)C(C)(C)c1cccc(CC(=O)OCc2ccc(CC(=O)[C@H](C)NC(=O)[C@@H](CC(=O)CCCCC(=O)N3Cc4ccccc4-c4n[nH]nc4-c4ccccc43)C(C)C)cc2)c1. The Bertz CT molecular complexity index is 3260. The smallest absolute Gasteiger partial charge is 0.331 e. The number of anilines is 1. The van der Waals surface area contributed by atoms with Crippen LogP contribution in [0.4, 0.5) is 5.69 Å². The number of aliphatic carboxylic acids is 1. The fourth-order valence-electron chi connectivity index (χ4n) is 10.9. The molecule has 88 heavy (non-hydrogen) atoms. The third kappa shape index (κ3) is 18.9. The number of aromatic amines is 1. The zero-order valence-corrected chi connectivity index (χ0v) is 54.3. The Kier molecular flexibility index (Phi) is 25.9. The van der Waals surface area contributed by atoms with Crippen LogP contribution in [0.1, 0.15) is 156 Å². The number of esters is 1. The molecule has 0 spiro atoms. The molecule has 4 amide bonds. The molecule has 0 saturated heterocycles. The predicted molar refractivity (Wildman–Crippen MR) is 344 cm³/mol. The second kappa shape index (κ2) is 32.2. The van der Waals surface area contributed by atoms with Crippen LogP contribution in [0.2, 0.25) is 0 Å². The van der Waals surface area contributed by atoms with Crippen molar-refractivity contribution in [2.45, 2.75) is 184 Å². The summed E-state index contributed by atoms with van der Waals surface area (Å²) in [5, 5.41) is 30.2. The molecule has 0 bridgehead atoms. The number of likely N-dealkylation sites (N-methyl/N-ethyl adjacent to an activating group) is 2. The van der Waals surface area contributed by atoms with Gasteiger partial charge in [-0.25, -0.2) is 4.79 Å². The lowest BCUT2D eigenvalue weighted by atomic mass is 9.76. The topological polar surface area (TPSA) is 250 Å². The number of benzene rings is 4. The molecule has 0 aliphatic carbocycles. The molecule has 18 heteroatoms. The maximum absolute atomic E-state index is 14.2. The summed E-state index contributed by atoms with van der Waals surface area (Å²) in [4.78, 5) is 111. The first-order chi connectivity index (χ1) is 41.5. The second-order valence-corrected chi connectivity index (χ2v) is 25.5. The molecule has 1 aliphatic rings. The van der Waals surface area contributed by atoms with E-state index in [9.17, 15) is 43.5 Å². The molecule has 0 saturated carbocycles. The third-order valence-electron chi connectivity index (χ3n) is 16.2. The third-order valence-corrected chi connectivity index (χ3v) is 16.2. The minimum Gasteiger partial charge on any atom is -0.478 e. The van der Waals surface area contributed by atoms with E-state index in [1.807, 2.05) is 135 Å². The summed E-state index contributed by atoms with van der Waals surface area (Å²) in [6.45, 7) is 24.7. The van der Waals surface area contributed by atoms with Gasteiger partial charge in [0, 0.05) is 60.8 Å². The number of unbranched alkanes of at least 4 members (excludes halogenated alkanes) is 1. The van der Waals surface area contributed by atoms with E-state index in [1.165, 1.54) is 18.2 Å². The van der Waals surface area contributed by atoms with Gasteiger partial charge in [-0.3, -0.25) is 33.6 Å². The minimum absolute atomic E-state index is 0.00840. The standard InChI is InChI=1S/C67H86N8O10.C3H8/c1-40(2)52(37-49(76)24-15-19-28-56(78)75-38-47-22-14-16-25-50(47)58-59(72-73-71-58)51-26-17-18-27-53(51)75)62(80)69-43(6)55(77)35-44-29-31-45(32-30-44)39-85-57(79)36-46-21-20-23-48(34-46)67(10,11)60(68-12)63(81)70-61(66(7,8)9)64(82)74(13)54(41(3)4)33-42(5)65(83)84;1-3-2/h14,16-18,20-23,25-27,29-34,40-41,43,52,54,60-61,68H,15,19,24,28,35-39H2,1-13H3,(H,69,80)(H,70,81)(H,83,84)(H,71,72,73);3H2,1-2H3/b42-33+;/t43-,52-,54+,60+,61+;/m0./s1. The van der Waals surface area contributed by atoms with Gasteiger partial charge in [0.05, 0.1) is 36.8 Å². The van der Waals surface area contributed by atoms with Crippen LogP contribution in [0.3, 0.4) is 0 Å². The van der Waals surface area contributed by atoms with E-state index in [0.29, 0.717) is 41.8 Å². The number of rotatable bonds is 27. The first-order valence-electron chi connectivity index (χ1n) is 30.8. The molecule has 5 atom stereocenters. The highest BCUT2D eigenvalue weighted by Gasteiger charge is 2.42. The number of nitrogens with one attached hydrogen (secondary N) is 4. The fourth-order valence-corrected chi connectivity index (χ4v) is 10.9. The van der Waals surface area contributed by atoms with Gasteiger partial charge < -0.3 is 35.6 Å². The summed E-state index contributed by atoms with van der Waals surface area (Å²) in [6, 6.07) is 26.9. The van der Waals surface area contributed by atoms with Gasteiger partial charge in [0.25, 0.3) is 0 Å². The van der Waals surface area contributed by atoms with Crippen molar-refractivity contribution in [2.24, 2.45) is 23.2 Å². The average Bonchev–Trinajstić information content (AvgIpc) is 1.52. The zero-order valence-electron chi connectivity index (χ0n) is 54.3. The van der Waals surface area contributed by atoms with E-state index in [2.05, 4.69) is 45.2 Å². The van der Waals surface area contributed by atoms with Gasteiger partial charge >= 0.3 is 11.9 Å². The number of carbonyl (C=O) groups is 8. The van der Waals surface area contributed by atoms with Crippen molar-refractivity contribution in [1.29, 1.82) is 0 Å². The van der Waals surface area contributed by atoms with Gasteiger partial charge in [0.1, 0.15) is 29.8 Å². The Labute approximate surface area is 520 Å². The highest BCUT2D eigenvalue weighted by atomic mass is 16.5. The quantitative estimate of drug-likeness (QED) is 0.0187. The number of carboxylic acid groups (broad SMARTS) is 1. The van der Waals surface area contributed by atoms with Crippen molar-refractivity contribution >= 4 is 52.8 Å². The molecule has 18 nitrogen and oxygen atoms in total. The molecule has 4 aromatic carbocycles. The highest BCUT2D eigenvalue weighted by molar-refractivity contribution is 6.00. The van der Waals surface area contributed by atoms with Crippen LogP contribution in [0.15, 0.2) is 109 Å². The van der Waals surface area contributed by atoms with Crippen LogP contribution in [-0.4, -0.2) is 111 Å². The molecule has 474 valence electrons. The molecule has 0 radical (unpaired) electrons. The van der Waals surface area contributed by atoms with Crippen molar-refractivity contribution in [3.8, 4) is 22.5 Å². The van der Waals surface area contributed by atoms with Crippen molar-refractivity contribution in [3.63, 3.8) is 0 Å². The van der Waals surface area contributed by atoms with Crippen LogP contribution in [-0.2, 0) is 74.5 Å². The monoisotopic (exact) mass is 1210 g/mol. The van der Waals surface area contributed by atoms with Gasteiger partial charge in [-0.2, -0.15) is 15.4 Å².